The number of amides is 3. The molecule has 6 nitrogen and oxygen atoms in total. The highest BCUT2D eigenvalue weighted by Gasteiger charge is 2.37. The molecule has 1 aromatic heterocycles. The number of nitrogens with zero attached hydrogens (tertiary/aromatic N) is 1. The normalized spacial score (nSPS) is 16.5. The van der Waals surface area contributed by atoms with Crippen LogP contribution in [0.15, 0.2) is 57.7 Å². The summed E-state index contributed by atoms with van der Waals surface area (Å²) in [5, 5.41) is 3.86. The molecule has 2 heterocycles. The summed E-state index contributed by atoms with van der Waals surface area (Å²) in [6.45, 7) is 1.79. The van der Waals surface area contributed by atoms with Crippen LogP contribution in [0.4, 0.5) is 4.79 Å². The number of carbonyl (C=O) groups excluding carboxylic acids is 2. The molecule has 0 unspecified atom stereocenters. The molecule has 0 spiro atoms. The average molecular weight is 411 g/mol. The van der Waals surface area contributed by atoms with Crippen molar-refractivity contribution in [2.24, 2.45) is 0 Å². The van der Waals surface area contributed by atoms with Gasteiger partial charge < -0.3 is 9.73 Å². The molecule has 3 aromatic rings. The second-order valence-electron chi connectivity index (χ2n) is 7.14. The molecule has 0 bridgehead atoms. The van der Waals surface area contributed by atoms with E-state index >= 15 is 0 Å². The molecule has 0 aliphatic carbocycles. The van der Waals surface area contributed by atoms with Crippen LogP contribution in [0.2, 0.25) is 5.02 Å². The summed E-state index contributed by atoms with van der Waals surface area (Å²) in [6.07, 6.45) is 1.19. The molecule has 2 aromatic carbocycles. The van der Waals surface area contributed by atoms with Crippen LogP contribution < -0.4 is 10.9 Å². The Hall–Kier alpha value is -3.12. The third-order valence-electron chi connectivity index (χ3n) is 5.11. The van der Waals surface area contributed by atoms with E-state index in [1.165, 1.54) is 6.07 Å². The Morgan fingerprint density at radius 3 is 2.62 bits per heavy atom. The molecule has 1 atom stereocenters. The van der Waals surface area contributed by atoms with Crippen LogP contribution in [0.25, 0.3) is 11.0 Å². The van der Waals surface area contributed by atoms with Gasteiger partial charge in [0.1, 0.15) is 11.6 Å². The topological polar surface area (TPSA) is 79.6 Å². The van der Waals surface area contributed by atoms with E-state index < -0.39 is 17.7 Å². The maximum absolute atomic E-state index is 12.8. The number of imide groups is 1. The molecule has 1 saturated heterocycles. The highest BCUT2D eigenvalue weighted by atomic mass is 35.5. The number of urea groups is 1. The van der Waals surface area contributed by atoms with Crippen LogP contribution in [-0.4, -0.2) is 22.9 Å². The van der Waals surface area contributed by atoms with Crippen LogP contribution in [0.5, 0.6) is 0 Å². The monoisotopic (exact) mass is 410 g/mol. The largest absolute Gasteiger partial charge is 0.423 e. The number of hydrogen-bond donors (Lipinski definition) is 1. The zero-order chi connectivity index (χ0) is 20.5. The first-order chi connectivity index (χ1) is 13.9. The molecule has 0 radical (unpaired) electrons. The summed E-state index contributed by atoms with van der Waals surface area (Å²) in [7, 11) is 0. The summed E-state index contributed by atoms with van der Waals surface area (Å²) >= 11 is 6.22. The van der Waals surface area contributed by atoms with Gasteiger partial charge in [0.25, 0.3) is 5.91 Å². The minimum absolute atomic E-state index is 0.0198. The molecular formula is C22H19ClN2O4. The lowest BCUT2D eigenvalue weighted by molar-refractivity contribution is -0.128. The number of rotatable bonds is 5. The Balaban J connectivity index is 1.56. The van der Waals surface area contributed by atoms with Gasteiger partial charge in [0, 0.05) is 16.5 Å². The van der Waals surface area contributed by atoms with Crippen molar-refractivity contribution < 1.29 is 14.0 Å². The Labute approximate surface area is 172 Å². The van der Waals surface area contributed by atoms with Gasteiger partial charge in [0.2, 0.25) is 0 Å². The first-order valence-electron chi connectivity index (χ1n) is 9.31. The van der Waals surface area contributed by atoms with Gasteiger partial charge >= 0.3 is 11.7 Å². The van der Waals surface area contributed by atoms with Crippen LogP contribution >= 0.6 is 11.6 Å². The number of carbonyl (C=O) groups is 2. The van der Waals surface area contributed by atoms with Gasteiger partial charge in [-0.05, 0) is 48.6 Å². The minimum Gasteiger partial charge on any atom is -0.423 e. The predicted molar refractivity (Wildman–Crippen MR) is 110 cm³/mol. The molecule has 1 aliphatic rings. The summed E-state index contributed by atoms with van der Waals surface area (Å²) < 4.78 is 5.25. The Kier molecular flexibility index (Phi) is 5.11. The third-order valence-corrected chi connectivity index (χ3v) is 5.52. The number of aryl methyl sites for hydroxylation is 2. The molecular weight excluding hydrogens is 392 g/mol. The van der Waals surface area contributed by atoms with E-state index in [1.807, 2.05) is 37.3 Å². The van der Waals surface area contributed by atoms with Crippen molar-refractivity contribution in [3.63, 3.8) is 0 Å². The minimum atomic E-state index is -0.583. The van der Waals surface area contributed by atoms with E-state index in [4.69, 9.17) is 16.0 Å². The van der Waals surface area contributed by atoms with Crippen LogP contribution in [0.1, 0.15) is 23.1 Å². The summed E-state index contributed by atoms with van der Waals surface area (Å²) in [5.41, 5.74) is 2.23. The fourth-order valence-electron chi connectivity index (χ4n) is 3.53. The summed E-state index contributed by atoms with van der Waals surface area (Å²) in [4.78, 5) is 38.3. The van der Waals surface area contributed by atoms with E-state index in [-0.39, 0.29) is 12.5 Å². The molecule has 1 aliphatic heterocycles. The number of benzene rings is 2. The fraction of sp³-hybridized carbons (Fsp3) is 0.227. The molecule has 1 N–H and O–H groups in total. The molecule has 7 heteroatoms. The third kappa shape index (κ3) is 3.89. The van der Waals surface area contributed by atoms with Crippen molar-refractivity contribution in [3.05, 3.63) is 80.7 Å². The zero-order valence-electron chi connectivity index (χ0n) is 15.8. The average Bonchev–Trinajstić information content (AvgIpc) is 2.96. The maximum Gasteiger partial charge on any atom is 0.336 e. The van der Waals surface area contributed by atoms with E-state index in [1.54, 1.807) is 12.1 Å². The molecule has 148 valence electrons. The van der Waals surface area contributed by atoms with Crippen LogP contribution in [-0.2, 0) is 17.8 Å². The van der Waals surface area contributed by atoms with Crippen LogP contribution in [0.3, 0.4) is 0 Å². The van der Waals surface area contributed by atoms with Gasteiger partial charge in [-0.25, -0.2) is 9.59 Å². The number of halogens is 1. The van der Waals surface area contributed by atoms with Gasteiger partial charge in [-0.1, -0.05) is 41.9 Å². The lowest BCUT2D eigenvalue weighted by Gasteiger charge is -2.15. The van der Waals surface area contributed by atoms with Gasteiger partial charge in [-0.2, -0.15) is 0 Å². The van der Waals surface area contributed by atoms with E-state index in [9.17, 15) is 14.4 Å². The second kappa shape index (κ2) is 7.72. The number of hydrogen-bond acceptors (Lipinski definition) is 4. The SMILES string of the molecule is Cc1cc2oc(=O)cc(CN3C(=O)N[C@@H](CCc4ccccc4)C3=O)c2cc1Cl. The molecule has 0 saturated carbocycles. The molecule has 4 rings (SSSR count). The highest BCUT2D eigenvalue weighted by molar-refractivity contribution is 6.32. The van der Waals surface area contributed by atoms with Crippen molar-refractivity contribution in [1.82, 2.24) is 10.2 Å². The number of fused-ring (bicyclic) bond motifs is 1. The first kappa shape index (κ1) is 19.2. The molecule has 1 fully saturated rings. The van der Waals surface area contributed by atoms with Crippen molar-refractivity contribution in [2.45, 2.75) is 32.4 Å². The highest BCUT2D eigenvalue weighted by Crippen LogP contribution is 2.27. The summed E-state index contributed by atoms with van der Waals surface area (Å²) in [5.74, 6) is -0.300. The van der Waals surface area contributed by atoms with Crippen molar-refractivity contribution in [1.29, 1.82) is 0 Å². The maximum atomic E-state index is 12.8. The standard InChI is InChI=1S/C22H19ClN2O4/c1-13-9-19-16(11-17(13)23)15(10-20(26)29-19)12-25-21(27)18(24-22(25)28)8-7-14-5-3-2-4-6-14/h2-6,9-11,18H,7-8,12H2,1H3,(H,24,28)/t18-/m0/s1. The van der Waals surface area contributed by atoms with Gasteiger partial charge in [0.05, 0.1) is 6.54 Å². The smallest absolute Gasteiger partial charge is 0.336 e. The predicted octanol–water partition coefficient (Wildman–Crippen LogP) is 3.81. The van der Waals surface area contributed by atoms with E-state index in [0.29, 0.717) is 34.4 Å². The van der Waals surface area contributed by atoms with Gasteiger partial charge in [0.15, 0.2) is 0 Å². The Morgan fingerprint density at radius 2 is 1.86 bits per heavy atom. The van der Waals surface area contributed by atoms with Crippen LogP contribution in [0, 0.1) is 6.92 Å². The van der Waals surface area contributed by atoms with Crippen molar-refractivity contribution in [2.75, 3.05) is 0 Å². The number of nitrogens with one attached hydrogen (secondary N) is 1. The Bertz CT molecular complexity index is 1160. The van der Waals surface area contributed by atoms with E-state index in [0.717, 1.165) is 16.0 Å². The van der Waals surface area contributed by atoms with E-state index in [2.05, 4.69) is 5.32 Å². The second-order valence-corrected chi connectivity index (χ2v) is 7.55. The van der Waals surface area contributed by atoms with Gasteiger partial charge in [-0.3, -0.25) is 9.69 Å². The fourth-order valence-corrected chi connectivity index (χ4v) is 3.69. The zero-order valence-corrected chi connectivity index (χ0v) is 16.5. The first-order valence-corrected chi connectivity index (χ1v) is 9.69. The van der Waals surface area contributed by atoms with Crippen molar-refractivity contribution >= 4 is 34.5 Å². The Morgan fingerprint density at radius 1 is 1.10 bits per heavy atom. The molecule has 3 amide bonds. The molecule has 29 heavy (non-hydrogen) atoms. The van der Waals surface area contributed by atoms with Gasteiger partial charge in [-0.15, -0.1) is 0 Å². The lowest BCUT2D eigenvalue weighted by Crippen LogP contribution is -2.31. The lowest BCUT2D eigenvalue weighted by atomic mass is 10.0. The quantitative estimate of drug-likeness (QED) is 0.512. The summed E-state index contributed by atoms with van der Waals surface area (Å²) in [6, 6.07) is 13.4. The van der Waals surface area contributed by atoms with Crippen molar-refractivity contribution in [3.8, 4) is 0 Å².